The highest BCUT2D eigenvalue weighted by atomic mass is 15.0. The second-order valence-corrected chi connectivity index (χ2v) is 12.2. The fraction of sp³-hybridized carbons (Fsp3) is 0. The van der Waals surface area contributed by atoms with Crippen LogP contribution in [0.2, 0.25) is 0 Å². The van der Waals surface area contributed by atoms with Crippen molar-refractivity contribution in [3.63, 3.8) is 0 Å². The summed E-state index contributed by atoms with van der Waals surface area (Å²) in [7, 11) is 0. The molecular weight excluding hydrogens is 560 g/mol. The summed E-state index contributed by atoms with van der Waals surface area (Å²) in [5, 5.41) is 8.65. The first-order valence-corrected chi connectivity index (χ1v) is 15.7. The highest BCUT2D eigenvalue weighted by molar-refractivity contribution is 6.24. The van der Waals surface area contributed by atoms with E-state index >= 15 is 0 Å². The second kappa shape index (κ2) is 8.68. The van der Waals surface area contributed by atoms with E-state index in [2.05, 4.69) is 130 Å². The summed E-state index contributed by atoms with van der Waals surface area (Å²) in [6, 6.07) is 52.3. The van der Waals surface area contributed by atoms with Crippen LogP contribution in [0.5, 0.6) is 0 Å². The van der Waals surface area contributed by atoms with Gasteiger partial charge in [-0.1, -0.05) is 84.9 Å². The topological polar surface area (TPSA) is 35.1 Å². The second-order valence-electron chi connectivity index (χ2n) is 12.2. The molecule has 0 aliphatic heterocycles. The van der Waals surface area contributed by atoms with Gasteiger partial charge < -0.3 is 4.57 Å². The van der Waals surface area contributed by atoms with Gasteiger partial charge in [0.2, 0.25) is 0 Å². The van der Waals surface area contributed by atoms with Gasteiger partial charge in [0, 0.05) is 32.6 Å². The maximum Gasteiger partial charge on any atom is 0.165 e. The van der Waals surface area contributed by atoms with E-state index in [0.29, 0.717) is 0 Å². The van der Waals surface area contributed by atoms with Crippen LogP contribution in [0.4, 0.5) is 0 Å². The van der Waals surface area contributed by atoms with E-state index in [4.69, 9.17) is 9.97 Å². The molecule has 46 heavy (non-hydrogen) atoms. The van der Waals surface area contributed by atoms with Gasteiger partial charge in [-0.15, -0.1) is 0 Å². The molecule has 11 rings (SSSR count). The van der Waals surface area contributed by atoms with Crippen LogP contribution in [0.1, 0.15) is 0 Å². The summed E-state index contributed by atoms with van der Waals surface area (Å²) in [6.45, 7) is 0. The van der Waals surface area contributed by atoms with E-state index in [1.807, 2.05) is 24.3 Å². The molecule has 4 heteroatoms. The molecule has 0 atom stereocenters. The third-order valence-electron chi connectivity index (χ3n) is 9.79. The molecule has 0 bridgehead atoms. The Balaban J connectivity index is 1.20. The molecule has 0 unspecified atom stereocenters. The Bertz CT molecular complexity index is 3020. The molecule has 0 N–H and O–H groups in total. The van der Waals surface area contributed by atoms with E-state index in [1.54, 1.807) is 0 Å². The predicted octanol–water partition coefficient (Wildman–Crippen LogP) is 10.7. The third kappa shape index (κ3) is 3.07. The number of nitrogens with zero attached hydrogens (tertiary/aromatic N) is 4. The van der Waals surface area contributed by atoms with Crippen molar-refractivity contribution in [3.05, 3.63) is 146 Å². The smallest absolute Gasteiger partial charge is 0.165 e. The first-order chi connectivity index (χ1) is 22.8. The Morgan fingerprint density at radius 1 is 0.435 bits per heavy atom. The average Bonchev–Trinajstić information content (AvgIpc) is 3.75. The Kier molecular flexibility index (Phi) is 4.55. The Morgan fingerprint density at radius 2 is 1.15 bits per heavy atom. The standard InChI is InChI=1S/C42H24N4/c1-2-10-28(11-3-1)45-37-17-9-5-13-31(37)39-29-20-18-25(22-26(29)19-21-38(39)45)27-23-32-30-12-4-8-16-36(30)46-41(32)33(24-27)40-42(46)44-35-15-7-6-14-34(35)43-40/h1-24H. The maximum absolute atomic E-state index is 5.16. The minimum absolute atomic E-state index is 0.910. The van der Waals surface area contributed by atoms with Gasteiger partial charge >= 0.3 is 0 Å². The van der Waals surface area contributed by atoms with E-state index in [0.717, 1.165) is 33.1 Å². The molecule has 0 amide bonds. The summed E-state index contributed by atoms with van der Waals surface area (Å²) < 4.78 is 4.68. The third-order valence-corrected chi connectivity index (χ3v) is 9.79. The fourth-order valence-electron chi connectivity index (χ4n) is 7.82. The van der Waals surface area contributed by atoms with Crippen LogP contribution < -0.4 is 0 Å². The molecule has 7 aromatic carbocycles. The average molecular weight is 585 g/mol. The van der Waals surface area contributed by atoms with Crippen molar-refractivity contribution in [1.29, 1.82) is 0 Å². The lowest BCUT2D eigenvalue weighted by molar-refractivity contribution is 1.18. The van der Waals surface area contributed by atoms with E-state index in [9.17, 15) is 0 Å². The molecule has 0 spiro atoms. The number of hydrogen-bond donors (Lipinski definition) is 0. The minimum Gasteiger partial charge on any atom is -0.309 e. The summed E-state index contributed by atoms with van der Waals surface area (Å²) in [5.41, 5.74) is 12.0. The molecule has 0 saturated carbocycles. The van der Waals surface area contributed by atoms with Crippen LogP contribution >= 0.6 is 0 Å². The first-order valence-electron chi connectivity index (χ1n) is 15.7. The van der Waals surface area contributed by atoms with Crippen molar-refractivity contribution in [3.8, 4) is 16.8 Å². The van der Waals surface area contributed by atoms with Gasteiger partial charge in [0.25, 0.3) is 0 Å². The van der Waals surface area contributed by atoms with Crippen LogP contribution in [0.25, 0.3) is 98.8 Å². The number of benzene rings is 7. The number of rotatable bonds is 2. The number of para-hydroxylation sites is 5. The van der Waals surface area contributed by atoms with Crippen molar-refractivity contribution >= 4 is 82.0 Å². The summed E-state index contributed by atoms with van der Waals surface area (Å²) in [4.78, 5) is 10.3. The molecule has 11 aromatic rings. The highest BCUT2D eigenvalue weighted by Crippen LogP contribution is 2.42. The van der Waals surface area contributed by atoms with Gasteiger partial charge in [0.05, 0.1) is 33.1 Å². The van der Waals surface area contributed by atoms with Gasteiger partial charge in [0.15, 0.2) is 5.65 Å². The lowest BCUT2D eigenvalue weighted by atomic mass is 9.96. The lowest BCUT2D eigenvalue weighted by Crippen LogP contribution is -1.92. The highest BCUT2D eigenvalue weighted by Gasteiger charge is 2.21. The predicted molar refractivity (Wildman–Crippen MR) is 191 cm³/mol. The van der Waals surface area contributed by atoms with Crippen molar-refractivity contribution in [2.45, 2.75) is 0 Å². The molecular formula is C42H24N4. The summed E-state index contributed by atoms with van der Waals surface area (Å²) >= 11 is 0. The van der Waals surface area contributed by atoms with Gasteiger partial charge in [0.1, 0.15) is 5.52 Å². The van der Waals surface area contributed by atoms with Crippen LogP contribution in [0, 0.1) is 0 Å². The molecule has 0 aliphatic rings. The molecule has 4 aromatic heterocycles. The molecule has 4 nitrogen and oxygen atoms in total. The van der Waals surface area contributed by atoms with Crippen molar-refractivity contribution in [2.75, 3.05) is 0 Å². The fourth-order valence-corrected chi connectivity index (χ4v) is 7.82. The zero-order chi connectivity index (χ0) is 29.9. The Hall–Kier alpha value is -6.26. The zero-order valence-electron chi connectivity index (χ0n) is 24.6. The van der Waals surface area contributed by atoms with Crippen LogP contribution in [-0.4, -0.2) is 18.9 Å². The monoisotopic (exact) mass is 584 g/mol. The summed E-state index contributed by atoms with van der Waals surface area (Å²) in [6.07, 6.45) is 0. The van der Waals surface area contributed by atoms with Crippen LogP contribution in [0.3, 0.4) is 0 Å². The van der Waals surface area contributed by atoms with E-state index in [1.165, 1.54) is 65.7 Å². The molecule has 212 valence electrons. The SMILES string of the molecule is c1ccc(-n2c3ccccc3c3c4ccc(-c5cc6c7ccccc7n7c8nc9ccccc9nc8c(c5)c67)cc4ccc32)cc1. The zero-order valence-corrected chi connectivity index (χ0v) is 24.6. The lowest BCUT2D eigenvalue weighted by Gasteiger charge is -2.09. The van der Waals surface area contributed by atoms with Crippen LogP contribution in [-0.2, 0) is 0 Å². The summed E-state index contributed by atoms with van der Waals surface area (Å²) in [5.74, 6) is 0. The van der Waals surface area contributed by atoms with Gasteiger partial charge in [-0.05, 0) is 82.6 Å². The number of fused-ring (bicyclic) bond motifs is 12. The quantitative estimate of drug-likeness (QED) is 0.203. The maximum atomic E-state index is 5.16. The van der Waals surface area contributed by atoms with Crippen molar-refractivity contribution in [1.82, 2.24) is 18.9 Å². The first kappa shape index (κ1) is 24.1. The van der Waals surface area contributed by atoms with E-state index < -0.39 is 0 Å². The molecule has 0 saturated heterocycles. The van der Waals surface area contributed by atoms with Gasteiger partial charge in [-0.25, -0.2) is 9.97 Å². The molecule has 0 aliphatic carbocycles. The Morgan fingerprint density at radius 3 is 2.02 bits per heavy atom. The van der Waals surface area contributed by atoms with Crippen molar-refractivity contribution < 1.29 is 0 Å². The van der Waals surface area contributed by atoms with Gasteiger partial charge in [-0.3, -0.25) is 4.40 Å². The van der Waals surface area contributed by atoms with Gasteiger partial charge in [-0.2, -0.15) is 0 Å². The molecule has 0 radical (unpaired) electrons. The molecule has 0 fully saturated rings. The number of aromatic nitrogens is 4. The van der Waals surface area contributed by atoms with Crippen LogP contribution in [0.15, 0.2) is 146 Å². The normalized spacial score (nSPS) is 12.3. The molecule has 4 heterocycles. The minimum atomic E-state index is 0.910. The number of hydrogen-bond acceptors (Lipinski definition) is 2. The Labute approximate surface area is 262 Å². The largest absolute Gasteiger partial charge is 0.309 e. The van der Waals surface area contributed by atoms with E-state index in [-0.39, 0.29) is 0 Å². The van der Waals surface area contributed by atoms with Crippen molar-refractivity contribution in [2.24, 2.45) is 0 Å².